The molecule has 0 spiro atoms. The van der Waals surface area contributed by atoms with E-state index in [1.807, 2.05) is 6.92 Å². The molecule has 2 aromatic rings. The van der Waals surface area contributed by atoms with Crippen LogP contribution in [0.4, 0.5) is 8.78 Å². The summed E-state index contributed by atoms with van der Waals surface area (Å²) in [4.78, 5) is 35.7. The number of nitrogens with one attached hydrogen (secondary N) is 1. The molecular formula is C21H23F2N3O5. The van der Waals surface area contributed by atoms with Crippen LogP contribution in [0.2, 0.25) is 0 Å². The molecule has 31 heavy (non-hydrogen) atoms. The fraction of sp³-hybridized carbons (Fsp3) is 0.381. The Morgan fingerprint density at radius 3 is 2.74 bits per heavy atom. The van der Waals surface area contributed by atoms with Gasteiger partial charge in [0.25, 0.3) is 5.91 Å². The highest BCUT2D eigenvalue weighted by molar-refractivity contribution is 5.96. The number of rotatable bonds is 3. The standard InChI is InChI=1S/C13H16N2O4.C8H7F2NO/c1-7-5-14-6-9-15(8(2)3-4-19-9)13(18)10(14)12(17)11(7)16;9-7-2-1-6(4-11-5-12)8(10)3-7/h5,8-9,17H,3-4,6H2,1-2H3;1-3,5H,4H2,(H,11,12). The first kappa shape index (κ1) is 22.4. The fourth-order valence-electron chi connectivity index (χ4n) is 3.61. The monoisotopic (exact) mass is 435 g/mol. The molecule has 10 heteroatoms. The van der Waals surface area contributed by atoms with Gasteiger partial charge in [-0.1, -0.05) is 6.07 Å². The lowest BCUT2D eigenvalue weighted by Crippen LogP contribution is -2.56. The van der Waals surface area contributed by atoms with Gasteiger partial charge in [-0.15, -0.1) is 0 Å². The van der Waals surface area contributed by atoms with E-state index in [1.54, 1.807) is 22.6 Å². The summed E-state index contributed by atoms with van der Waals surface area (Å²) in [6, 6.07) is 3.27. The van der Waals surface area contributed by atoms with Crippen molar-refractivity contribution in [2.45, 2.75) is 45.6 Å². The molecule has 8 nitrogen and oxygen atoms in total. The third kappa shape index (κ3) is 4.58. The van der Waals surface area contributed by atoms with Gasteiger partial charge in [-0.25, -0.2) is 8.78 Å². The van der Waals surface area contributed by atoms with Crippen LogP contribution in [0.25, 0.3) is 0 Å². The van der Waals surface area contributed by atoms with E-state index in [4.69, 9.17) is 4.74 Å². The molecule has 2 atom stereocenters. The molecule has 1 fully saturated rings. The van der Waals surface area contributed by atoms with Gasteiger partial charge in [0.1, 0.15) is 11.6 Å². The number of aryl methyl sites for hydroxylation is 1. The van der Waals surface area contributed by atoms with E-state index >= 15 is 0 Å². The van der Waals surface area contributed by atoms with Crippen LogP contribution in [0, 0.1) is 18.6 Å². The minimum atomic E-state index is -0.649. The van der Waals surface area contributed by atoms with Crippen LogP contribution in [0.5, 0.6) is 5.75 Å². The second-order valence-corrected chi connectivity index (χ2v) is 7.40. The van der Waals surface area contributed by atoms with Crippen LogP contribution < -0.4 is 10.7 Å². The lowest BCUT2D eigenvalue weighted by Gasteiger charge is -2.44. The Morgan fingerprint density at radius 1 is 1.32 bits per heavy atom. The molecular weight excluding hydrogens is 412 g/mol. The Morgan fingerprint density at radius 2 is 2.06 bits per heavy atom. The Kier molecular flexibility index (Phi) is 6.69. The van der Waals surface area contributed by atoms with Crippen LogP contribution >= 0.6 is 0 Å². The van der Waals surface area contributed by atoms with Crippen molar-refractivity contribution in [3.05, 3.63) is 63.1 Å². The number of nitrogens with zero attached hydrogens (tertiary/aromatic N) is 2. The van der Waals surface area contributed by atoms with Crippen LogP contribution in [0.15, 0.2) is 29.2 Å². The molecule has 2 aliphatic rings. The number of carbonyl (C=O) groups excluding carboxylic acids is 2. The fourth-order valence-corrected chi connectivity index (χ4v) is 3.61. The van der Waals surface area contributed by atoms with Gasteiger partial charge in [-0.2, -0.15) is 0 Å². The van der Waals surface area contributed by atoms with Crippen molar-refractivity contribution in [3.63, 3.8) is 0 Å². The summed E-state index contributed by atoms with van der Waals surface area (Å²) in [5.41, 5.74) is 0.280. The molecule has 0 saturated carbocycles. The maximum absolute atomic E-state index is 12.8. The van der Waals surface area contributed by atoms with Gasteiger partial charge in [0.05, 0.1) is 13.2 Å². The highest BCUT2D eigenvalue weighted by Crippen LogP contribution is 2.28. The normalized spacial score (nSPS) is 19.6. The van der Waals surface area contributed by atoms with Gasteiger partial charge in [0.15, 0.2) is 17.7 Å². The summed E-state index contributed by atoms with van der Waals surface area (Å²) in [5.74, 6) is -2.06. The average molecular weight is 435 g/mol. The molecule has 2 amide bonds. The number of aromatic nitrogens is 1. The summed E-state index contributed by atoms with van der Waals surface area (Å²) in [5, 5.41) is 12.2. The molecule has 1 aromatic carbocycles. The molecule has 0 radical (unpaired) electrons. The zero-order chi connectivity index (χ0) is 22.7. The summed E-state index contributed by atoms with van der Waals surface area (Å²) in [6.07, 6.45) is 2.52. The van der Waals surface area contributed by atoms with E-state index < -0.39 is 22.8 Å². The summed E-state index contributed by atoms with van der Waals surface area (Å²) in [7, 11) is 0. The number of ether oxygens (including phenoxy) is 1. The molecule has 1 saturated heterocycles. The van der Waals surface area contributed by atoms with Crippen molar-refractivity contribution in [2.24, 2.45) is 0 Å². The topological polar surface area (TPSA) is 101 Å². The zero-order valence-electron chi connectivity index (χ0n) is 17.1. The maximum atomic E-state index is 12.8. The number of hydrogen-bond acceptors (Lipinski definition) is 5. The largest absolute Gasteiger partial charge is 0.503 e. The third-order valence-electron chi connectivity index (χ3n) is 5.25. The van der Waals surface area contributed by atoms with Crippen molar-refractivity contribution in [3.8, 4) is 5.75 Å². The zero-order valence-corrected chi connectivity index (χ0v) is 17.1. The van der Waals surface area contributed by atoms with E-state index in [-0.39, 0.29) is 36.0 Å². The number of halogens is 2. The second-order valence-electron chi connectivity index (χ2n) is 7.40. The molecule has 166 valence electrons. The number of fused-ring (bicyclic) bond motifs is 2. The van der Waals surface area contributed by atoms with Gasteiger partial charge >= 0.3 is 0 Å². The van der Waals surface area contributed by atoms with E-state index in [2.05, 4.69) is 5.32 Å². The van der Waals surface area contributed by atoms with Crippen molar-refractivity contribution in [2.75, 3.05) is 6.61 Å². The Balaban J connectivity index is 0.000000196. The number of carbonyl (C=O) groups is 2. The van der Waals surface area contributed by atoms with Crippen LogP contribution in [0.1, 0.15) is 35.0 Å². The maximum Gasteiger partial charge on any atom is 0.276 e. The van der Waals surface area contributed by atoms with Crippen molar-refractivity contribution >= 4 is 12.3 Å². The van der Waals surface area contributed by atoms with E-state index in [0.29, 0.717) is 25.1 Å². The Hall–Kier alpha value is -3.27. The highest BCUT2D eigenvalue weighted by Gasteiger charge is 2.40. The van der Waals surface area contributed by atoms with Gasteiger partial charge in [-0.05, 0) is 26.3 Å². The molecule has 0 bridgehead atoms. The average Bonchev–Trinajstić information content (AvgIpc) is 2.72. The quantitative estimate of drug-likeness (QED) is 0.715. The lowest BCUT2D eigenvalue weighted by atomic mass is 10.1. The summed E-state index contributed by atoms with van der Waals surface area (Å²) in [6.45, 7) is 4.72. The smallest absolute Gasteiger partial charge is 0.276 e. The minimum Gasteiger partial charge on any atom is -0.503 e. The van der Waals surface area contributed by atoms with E-state index in [0.717, 1.165) is 18.6 Å². The first-order valence-corrected chi connectivity index (χ1v) is 9.72. The number of hydrogen-bond donors (Lipinski definition) is 2. The minimum absolute atomic E-state index is 0.0517. The van der Waals surface area contributed by atoms with Crippen molar-refractivity contribution in [1.29, 1.82) is 0 Å². The van der Waals surface area contributed by atoms with Crippen molar-refractivity contribution in [1.82, 2.24) is 14.8 Å². The molecule has 4 rings (SSSR count). The van der Waals surface area contributed by atoms with Crippen LogP contribution in [-0.2, 0) is 22.6 Å². The Labute approximate surface area is 177 Å². The first-order chi connectivity index (χ1) is 14.7. The highest BCUT2D eigenvalue weighted by atomic mass is 19.1. The van der Waals surface area contributed by atoms with Crippen LogP contribution in [-0.4, -0.2) is 45.8 Å². The number of pyridine rings is 1. The van der Waals surface area contributed by atoms with Gasteiger partial charge in [0, 0.05) is 36.0 Å². The van der Waals surface area contributed by atoms with Crippen molar-refractivity contribution < 1.29 is 28.2 Å². The molecule has 2 N–H and O–H groups in total. The SMILES string of the molecule is Cc1cn2c(c(O)c1=O)C(=O)N1C(C)CCOC1C2.O=CNCc1ccc(F)cc1F. The molecule has 2 aliphatic heterocycles. The summed E-state index contributed by atoms with van der Waals surface area (Å²) >= 11 is 0. The lowest BCUT2D eigenvalue weighted by molar-refractivity contribution is -0.112. The van der Waals surface area contributed by atoms with Gasteiger partial charge in [-0.3, -0.25) is 14.4 Å². The first-order valence-electron chi connectivity index (χ1n) is 9.72. The molecule has 0 aliphatic carbocycles. The Bertz CT molecular complexity index is 1060. The predicted molar refractivity (Wildman–Crippen MR) is 106 cm³/mol. The predicted octanol–water partition coefficient (Wildman–Crippen LogP) is 1.66. The third-order valence-corrected chi connectivity index (χ3v) is 5.25. The molecule has 1 aromatic heterocycles. The number of amides is 2. The van der Waals surface area contributed by atoms with Crippen LogP contribution in [0.3, 0.4) is 0 Å². The van der Waals surface area contributed by atoms with E-state index in [1.165, 1.54) is 6.07 Å². The molecule has 3 heterocycles. The second kappa shape index (κ2) is 9.25. The summed E-state index contributed by atoms with van der Waals surface area (Å²) < 4.78 is 32.4. The van der Waals surface area contributed by atoms with Gasteiger partial charge in [0.2, 0.25) is 11.8 Å². The van der Waals surface area contributed by atoms with E-state index in [9.17, 15) is 28.3 Å². The van der Waals surface area contributed by atoms with Gasteiger partial charge < -0.3 is 24.6 Å². The molecule has 2 unspecified atom stereocenters. The number of benzene rings is 1. The number of aromatic hydroxyl groups is 1.